The minimum atomic E-state index is 0.241. The monoisotopic (exact) mass is 288 g/mol. The normalized spacial score (nSPS) is 17.0. The molecule has 0 saturated carbocycles. The molecule has 0 unspecified atom stereocenters. The van der Waals surface area contributed by atoms with Gasteiger partial charge < -0.3 is 20.3 Å². The molecular formula is C16H24N4O. The number of nitrogen functional groups attached to an aromatic ring is 1. The van der Waals surface area contributed by atoms with Crippen LogP contribution in [-0.2, 0) is 7.05 Å². The third-order valence-electron chi connectivity index (χ3n) is 4.52. The maximum atomic E-state index is 10.2. The van der Waals surface area contributed by atoms with Crippen molar-refractivity contribution in [1.29, 1.82) is 0 Å². The number of hydrogen-bond donors (Lipinski definition) is 2. The van der Waals surface area contributed by atoms with Gasteiger partial charge in [-0.05, 0) is 26.0 Å². The van der Waals surface area contributed by atoms with Crippen LogP contribution in [0.1, 0.15) is 13.8 Å². The Morgan fingerprint density at radius 3 is 2.43 bits per heavy atom. The minimum absolute atomic E-state index is 0.241. The molecule has 0 radical (unpaired) electrons. The summed E-state index contributed by atoms with van der Waals surface area (Å²) in [4.78, 5) is 4.88. The van der Waals surface area contributed by atoms with Gasteiger partial charge in [0.25, 0.3) is 0 Å². The molecule has 1 fully saturated rings. The van der Waals surface area contributed by atoms with E-state index in [1.165, 1.54) is 5.69 Å². The standard InChI is InChI=1S/C16H24N4O/c1-11(2)19-6-8-20(9-7-19)14-5-4-13(17)15-12(14)10-18(3)16(15)21/h4-5,10-11,21H,6-9,17H2,1-3H3. The van der Waals surface area contributed by atoms with E-state index in [-0.39, 0.29) is 5.88 Å². The summed E-state index contributed by atoms with van der Waals surface area (Å²) in [5, 5.41) is 12.0. The molecule has 1 aromatic heterocycles. The fraction of sp³-hybridized carbons (Fsp3) is 0.500. The second-order valence-corrected chi connectivity index (χ2v) is 6.14. The first kappa shape index (κ1) is 14.1. The lowest BCUT2D eigenvalue weighted by atomic mass is 10.1. The summed E-state index contributed by atoms with van der Waals surface area (Å²) in [6.07, 6.45) is 1.96. The molecule has 5 nitrogen and oxygen atoms in total. The topological polar surface area (TPSA) is 57.7 Å². The van der Waals surface area contributed by atoms with E-state index in [9.17, 15) is 5.11 Å². The summed E-state index contributed by atoms with van der Waals surface area (Å²) in [5.74, 6) is 0.241. The molecule has 114 valence electrons. The zero-order valence-corrected chi connectivity index (χ0v) is 13.0. The van der Waals surface area contributed by atoms with Crippen LogP contribution in [0.3, 0.4) is 0 Å². The van der Waals surface area contributed by atoms with E-state index in [0.29, 0.717) is 11.7 Å². The highest BCUT2D eigenvalue weighted by atomic mass is 16.3. The Morgan fingerprint density at radius 1 is 1.14 bits per heavy atom. The molecular weight excluding hydrogens is 264 g/mol. The quantitative estimate of drug-likeness (QED) is 0.830. The highest BCUT2D eigenvalue weighted by Gasteiger charge is 2.22. The summed E-state index contributed by atoms with van der Waals surface area (Å²) in [6.45, 7) is 8.64. The number of rotatable bonds is 2. The van der Waals surface area contributed by atoms with Gasteiger partial charge in [-0.15, -0.1) is 0 Å². The molecule has 1 aromatic carbocycles. The number of aromatic nitrogens is 1. The fourth-order valence-corrected chi connectivity index (χ4v) is 3.19. The van der Waals surface area contributed by atoms with Crippen molar-refractivity contribution in [3.8, 4) is 5.88 Å². The number of aromatic hydroxyl groups is 1. The van der Waals surface area contributed by atoms with Gasteiger partial charge in [0.05, 0.1) is 5.39 Å². The van der Waals surface area contributed by atoms with Crippen LogP contribution in [0, 0.1) is 0 Å². The Kier molecular flexibility index (Phi) is 3.45. The van der Waals surface area contributed by atoms with Gasteiger partial charge in [0.2, 0.25) is 5.88 Å². The van der Waals surface area contributed by atoms with E-state index in [2.05, 4.69) is 29.7 Å². The first-order chi connectivity index (χ1) is 9.99. The lowest BCUT2D eigenvalue weighted by Gasteiger charge is -2.38. The molecule has 5 heteroatoms. The molecule has 1 saturated heterocycles. The third kappa shape index (κ3) is 2.31. The maximum Gasteiger partial charge on any atom is 0.201 e. The average molecular weight is 288 g/mol. The van der Waals surface area contributed by atoms with Gasteiger partial charge in [-0.1, -0.05) is 0 Å². The number of nitrogens with zero attached hydrogens (tertiary/aromatic N) is 3. The van der Waals surface area contributed by atoms with Gasteiger partial charge >= 0.3 is 0 Å². The van der Waals surface area contributed by atoms with Crippen LogP contribution >= 0.6 is 0 Å². The number of aryl methyl sites for hydroxylation is 1. The molecule has 2 heterocycles. The Bertz CT molecular complexity index is 654. The summed E-state index contributed by atoms with van der Waals surface area (Å²) >= 11 is 0. The molecule has 0 spiro atoms. The molecule has 1 aliphatic heterocycles. The van der Waals surface area contributed by atoms with Crippen molar-refractivity contribution < 1.29 is 5.11 Å². The SMILES string of the molecule is CC(C)N1CCN(c2ccc(N)c3c(O)n(C)cc23)CC1. The smallest absolute Gasteiger partial charge is 0.201 e. The Hall–Kier alpha value is -1.88. The molecule has 1 aliphatic rings. The second-order valence-electron chi connectivity index (χ2n) is 6.14. The fourth-order valence-electron chi connectivity index (χ4n) is 3.19. The van der Waals surface area contributed by atoms with Crippen molar-refractivity contribution in [2.75, 3.05) is 36.8 Å². The summed E-state index contributed by atoms with van der Waals surface area (Å²) < 4.78 is 1.73. The molecule has 3 N–H and O–H groups in total. The Morgan fingerprint density at radius 2 is 1.81 bits per heavy atom. The highest BCUT2D eigenvalue weighted by molar-refractivity contribution is 6.05. The van der Waals surface area contributed by atoms with Crippen LogP contribution in [0.15, 0.2) is 18.3 Å². The summed E-state index contributed by atoms with van der Waals surface area (Å²) in [5.41, 5.74) is 7.83. The van der Waals surface area contributed by atoms with E-state index >= 15 is 0 Å². The van der Waals surface area contributed by atoms with Crippen molar-refractivity contribution in [3.05, 3.63) is 18.3 Å². The van der Waals surface area contributed by atoms with Crippen LogP contribution in [0.2, 0.25) is 0 Å². The van der Waals surface area contributed by atoms with Gasteiger partial charge in [0, 0.05) is 62.2 Å². The van der Waals surface area contributed by atoms with E-state index < -0.39 is 0 Å². The van der Waals surface area contributed by atoms with Gasteiger partial charge in [-0.25, -0.2) is 0 Å². The van der Waals surface area contributed by atoms with Crippen LogP contribution in [0.25, 0.3) is 10.8 Å². The number of benzene rings is 1. The Balaban J connectivity index is 1.95. The van der Waals surface area contributed by atoms with Crippen LogP contribution in [0.4, 0.5) is 11.4 Å². The molecule has 21 heavy (non-hydrogen) atoms. The van der Waals surface area contributed by atoms with Crippen LogP contribution in [0.5, 0.6) is 5.88 Å². The minimum Gasteiger partial charge on any atom is -0.494 e. The van der Waals surface area contributed by atoms with E-state index in [1.54, 1.807) is 4.57 Å². The van der Waals surface area contributed by atoms with Crippen molar-refractivity contribution in [2.45, 2.75) is 19.9 Å². The average Bonchev–Trinajstić information content (AvgIpc) is 2.76. The van der Waals surface area contributed by atoms with Crippen molar-refractivity contribution in [1.82, 2.24) is 9.47 Å². The van der Waals surface area contributed by atoms with Crippen molar-refractivity contribution in [3.63, 3.8) is 0 Å². The van der Waals surface area contributed by atoms with Crippen LogP contribution in [-0.4, -0.2) is 46.8 Å². The molecule has 0 atom stereocenters. The lowest BCUT2D eigenvalue weighted by Crippen LogP contribution is -2.48. The predicted molar refractivity (Wildman–Crippen MR) is 87.9 cm³/mol. The highest BCUT2D eigenvalue weighted by Crippen LogP contribution is 2.38. The predicted octanol–water partition coefficient (Wildman–Crippen LogP) is 2.00. The van der Waals surface area contributed by atoms with Gasteiger partial charge in [0.1, 0.15) is 0 Å². The van der Waals surface area contributed by atoms with Crippen LogP contribution < -0.4 is 10.6 Å². The molecule has 0 aliphatic carbocycles. The number of fused-ring (bicyclic) bond motifs is 1. The van der Waals surface area contributed by atoms with Gasteiger partial charge in [-0.3, -0.25) is 4.90 Å². The molecule has 2 aromatic rings. The number of anilines is 2. The van der Waals surface area contributed by atoms with Gasteiger partial charge in [0.15, 0.2) is 0 Å². The van der Waals surface area contributed by atoms with E-state index in [4.69, 9.17) is 5.73 Å². The summed E-state index contributed by atoms with van der Waals surface area (Å²) in [6, 6.07) is 4.56. The maximum absolute atomic E-state index is 10.2. The second kappa shape index (κ2) is 5.15. The van der Waals surface area contributed by atoms with Crippen molar-refractivity contribution in [2.24, 2.45) is 7.05 Å². The zero-order valence-electron chi connectivity index (χ0n) is 13.0. The number of hydrogen-bond acceptors (Lipinski definition) is 4. The van der Waals surface area contributed by atoms with E-state index in [0.717, 1.165) is 37.0 Å². The lowest BCUT2D eigenvalue weighted by molar-refractivity contribution is 0.209. The first-order valence-electron chi connectivity index (χ1n) is 7.54. The molecule has 0 bridgehead atoms. The number of piperazine rings is 1. The summed E-state index contributed by atoms with van der Waals surface area (Å²) in [7, 11) is 1.84. The van der Waals surface area contributed by atoms with Crippen molar-refractivity contribution >= 4 is 22.1 Å². The molecule has 0 amide bonds. The Labute approximate surface area is 125 Å². The first-order valence-corrected chi connectivity index (χ1v) is 7.54. The largest absolute Gasteiger partial charge is 0.494 e. The van der Waals surface area contributed by atoms with Gasteiger partial charge in [-0.2, -0.15) is 0 Å². The van der Waals surface area contributed by atoms with E-state index in [1.807, 2.05) is 19.3 Å². The third-order valence-corrected chi connectivity index (χ3v) is 4.52. The zero-order chi connectivity index (χ0) is 15.1. The number of nitrogens with two attached hydrogens (primary N) is 1. The molecule has 3 rings (SSSR count).